The van der Waals surface area contributed by atoms with Gasteiger partial charge in [-0.1, -0.05) is 42.7 Å². The van der Waals surface area contributed by atoms with E-state index in [1.54, 1.807) is 0 Å². The molecule has 0 bridgehead atoms. The molecule has 28 heavy (non-hydrogen) atoms. The Labute approximate surface area is 173 Å². The molecule has 0 fully saturated rings. The van der Waals surface area contributed by atoms with Gasteiger partial charge in [0, 0.05) is 24.2 Å². The van der Waals surface area contributed by atoms with E-state index in [0.717, 1.165) is 36.8 Å². The molecule has 0 aromatic heterocycles. The molecular weight excluding hydrogens is 374 g/mol. The number of unbranched alkanes of at least 4 members (excludes halogenated alkanes) is 3. The normalized spacial score (nSPS) is 10.1. The Kier molecular flexibility index (Phi) is 10.9. The van der Waals surface area contributed by atoms with Gasteiger partial charge >= 0.3 is 0 Å². The number of halogens is 1. The zero-order valence-corrected chi connectivity index (χ0v) is 17.2. The molecule has 0 saturated carbocycles. The van der Waals surface area contributed by atoms with E-state index >= 15 is 0 Å². The molecular formula is C22H30ClN3O2. The molecule has 0 saturated heterocycles. The number of aryl methyl sites for hydroxylation is 1. The third kappa shape index (κ3) is 8.55. The molecule has 5 nitrogen and oxygen atoms in total. The first-order valence-electron chi connectivity index (χ1n) is 9.52. The molecule has 0 aliphatic carbocycles. The van der Waals surface area contributed by atoms with Gasteiger partial charge in [-0.2, -0.15) is 0 Å². The number of carbonyl (C=O) groups excluding carboxylic acids is 2. The summed E-state index contributed by atoms with van der Waals surface area (Å²) < 4.78 is 0. The number of nitrogens with two attached hydrogens (primary N) is 1. The predicted molar refractivity (Wildman–Crippen MR) is 117 cm³/mol. The average molecular weight is 404 g/mol. The molecule has 152 valence electrons. The lowest BCUT2D eigenvalue weighted by Crippen LogP contribution is -2.22. The van der Waals surface area contributed by atoms with Crippen LogP contribution in [0.2, 0.25) is 0 Å². The first-order valence-corrected chi connectivity index (χ1v) is 9.52. The molecule has 2 aromatic carbocycles. The third-order valence-electron chi connectivity index (χ3n) is 4.35. The molecule has 2 amide bonds. The number of benzene rings is 2. The number of hydrogen-bond acceptors (Lipinski definition) is 3. The van der Waals surface area contributed by atoms with Crippen LogP contribution in [0.15, 0.2) is 48.5 Å². The van der Waals surface area contributed by atoms with Gasteiger partial charge in [0.2, 0.25) is 5.91 Å². The summed E-state index contributed by atoms with van der Waals surface area (Å²) in [6.45, 7) is 3.15. The molecule has 0 unspecified atom stereocenters. The largest absolute Gasteiger partial charge is 0.352 e. The maximum absolute atomic E-state index is 12.3. The number of anilines is 1. The van der Waals surface area contributed by atoms with E-state index in [1.807, 2.05) is 55.5 Å². The monoisotopic (exact) mass is 403 g/mol. The summed E-state index contributed by atoms with van der Waals surface area (Å²) in [5.41, 5.74) is 8.86. The van der Waals surface area contributed by atoms with E-state index < -0.39 is 0 Å². The van der Waals surface area contributed by atoms with Crippen molar-refractivity contribution in [3.63, 3.8) is 0 Å². The Morgan fingerprint density at radius 1 is 0.964 bits per heavy atom. The van der Waals surface area contributed by atoms with Gasteiger partial charge in [0.15, 0.2) is 0 Å². The van der Waals surface area contributed by atoms with Crippen LogP contribution in [0.3, 0.4) is 0 Å². The first kappa shape index (κ1) is 23.7. The first-order chi connectivity index (χ1) is 13.1. The number of rotatable bonds is 10. The van der Waals surface area contributed by atoms with Crippen molar-refractivity contribution in [3.8, 4) is 0 Å². The minimum absolute atomic E-state index is 0. The fourth-order valence-electron chi connectivity index (χ4n) is 2.74. The van der Waals surface area contributed by atoms with Crippen LogP contribution in [-0.2, 0) is 11.3 Å². The second kappa shape index (κ2) is 12.9. The quantitative estimate of drug-likeness (QED) is 0.520. The van der Waals surface area contributed by atoms with Crippen molar-refractivity contribution < 1.29 is 9.59 Å². The van der Waals surface area contributed by atoms with Crippen molar-refractivity contribution in [1.82, 2.24) is 5.32 Å². The van der Waals surface area contributed by atoms with E-state index in [2.05, 4.69) is 10.6 Å². The van der Waals surface area contributed by atoms with Gasteiger partial charge in [-0.05, 0) is 56.1 Å². The minimum Gasteiger partial charge on any atom is -0.352 e. The fourth-order valence-corrected chi connectivity index (χ4v) is 2.74. The standard InChI is InChI=1S/C22H29N3O2.ClH/c1-17-10-12-19(13-11-17)22(27)25-20-8-6-7-18(15-20)16-24-21(26)9-4-2-3-5-14-23;/h6-8,10-13,15H,2-5,9,14,16,23H2,1H3,(H,24,26)(H,25,27);1H. The van der Waals surface area contributed by atoms with Crippen molar-refractivity contribution in [1.29, 1.82) is 0 Å². The molecule has 0 atom stereocenters. The summed E-state index contributed by atoms with van der Waals surface area (Å²) in [5, 5.41) is 5.83. The summed E-state index contributed by atoms with van der Waals surface area (Å²) >= 11 is 0. The maximum atomic E-state index is 12.3. The lowest BCUT2D eigenvalue weighted by atomic mass is 10.1. The molecule has 2 aromatic rings. The van der Waals surface area contributed by atoms with Gasteiger partial charge in [0.05, 0.1) is 0 Å². The molecule has 6 heteroatoms. The van der Waals surface area contributed by atoms with Crippen molar-refractivity contribution in [2.75, 3.05) is 11.9 Å². The van der Waals surface area contributed by atoms with Gasteiger partial charge in [0.1, 0.15) is 0 Å². The number of nitrogens with one attached hydrogen (secondary N) is 2. The highest BCUT2D eigenvalue weighted by Crippen LogP contribution is 2.13. The summed E-state index contributed by atoms with van der Waals surface area (Å²) in [6.07, 6.45) is 4.55. The Balaban J connectivity index is 0.00000392. The Hall–Kier alpha value is -2.37. The molecule has 0 aliphatic heterocycles. The summed E-state index contributed by atoms with van der Waals surface area (Å²) in [7, 11) is 0. The second-order valence-electron chi connectivity index (χ2n) is 6.75. The van der Waals surface area contributed by atoms with Crippen LogP contribution in [0.25, 0.3) is 0 Å². The Morgan fingerprint density at radius 2 is 1.68 bits per heavy atom. The molecule has 2 rings (SSSR count). The van der Waals surface area contributed by atoms with E-state index in [-0.39, 0.29) is 24.2 Å². The van der Waals surface area contributed by atoms with Crippen LogP contribution < -0.4 is 16.4 Å². The van der Waals surface area contributed by atoms with E-state index in [0.29, 0.717) is 30.8 Å². The molecule has 0 aliphatic rings. The smallest absolute Gasteiger partial charge is 0.255 e. The third-order valence-corrected chi connectivity index (χ3v) is 4.35. The fraction of sp³-hybridized carbons (Fsp3) is 0.364. The highest BCUT2D eigenvalue weighted by Gasteiger charge is 2.07. The van der Waals surface area contributed by atoms with E-state index in [9.17, 15) is 9.59 Å². The second-order valence-corrected chi connectivity index (χ2v) is 6.75. The van der Waals surface area contributed by atoms with Crippen LogP contribution >= 0.6 is 12.4 Å². The maximum Gasteiger partial charge on any atom is 0.255 e. The Bertz CT molecular complexity index is 748. The van der Waals surface area contributed by atoms with E-state index in [4.69, 9.17) is 5.73 Å². The zero-order valence-electron chi connectivity index (χ0n) is 16.4. The summed E-state index contributed by atoms with van der Waals surface area (Å²) in [6, 6.07) is 15.0. The molecule has 0 heterocycles. The van der Waals surface area contributed by atoms with Crippen LogP contribution in [0, 0.1) is 6.92 Å². The molecule has 0 radical (unpaired) electrons. The number of amides is 2. The van der Waals surface area contributed by atoms with Gasteiger partial charge in [-0.15, -0.1) is 12.4 Å². The molecule has 4 N–H and O–H groups in total. The van der Waals surface area contributed by atoms with Crippen LogP contribution in [0.4, 0.5) is 5.69 Å². The molecule has 0 spiro atoms. The lowest BCUT2D eigenvalue weighted by molar-refractivity contribution is -0.121. The average Bonchev–Trinajstić information content (AvgIpc) is 2.67. The van der Waals surface area contributed by atoms with E-state index in [1.165, 1.54) is 0 Å². The lowest BCUT2D eigenvalue weighted by Gasteiger charge is -2.09. The zero-order chi connectivity index (χ0) is 19.5. The van der Waals surface area contributed by atoms with Crippen LogP contribution in [0.5, 0.6) is 0 Å². The van der Waals surface area contributed by atoms with Crippen molar-refractivity contribution in [2.24, 2.45) is 5.73 Å². The summed E-state index contributed by atoms with van der Waals surface area (Å²) in [5.74, 6) is -0.0921. The van der Waals surface area contributed by atoms with Gasteiger partial charge in [0.25, 0.3) is 5.91 Å². The number of hydrogen-bond donors (Lipinski definition) is 3. The van der Waals surface area contributed by atoms with Crippen molar-refractivity contribution in [3.05, 3.63) is 65.2 Å². The summed E-state index contributed by atoms with van der Waals surface area (Å²) in [4.78, 5) is 24.2. The Morgan fingerprint density at radius 3 is 2.39 bits per heavy atom. The SMILES string of the molecule is Cc1ccc(C(=O)Nc2cccc(CNC(=O)CCCCCCN)c2)cc1.Cl. The van der Waals surface area contributed by atoms with Gasteiger partial charge in [-0.25, -0.2) is 0 Å². The van der Waals surface area contributed by atoms with Gasteiger partial charge in [-0.3, -0.25) is 9.59 Å². The predicted octanol–water partition coefficient (Wildman–Crippen LogP) is 4.19. The van der Waals surface area contributed by atoms with Crippen molar-refractivity contribution in [2.45, 2.75) is 45.6 Å². The minimum atomic E-state index is -0.145. The number of carbonyl (C=O) groups is 2. The van der Waals surface area contributed by atoms with Crippen molar-refractivity contribution >= 4 is 29.9 Å². The highest BCUT2D eigenvalue weighted by molar-refractivity contribution is 6.04. The van der Waals surface area contributed by atoms with Gasteiger partial charge < -0.3 is 16.4 Å². The van der Waals surface area contributed by atoms with Crippen LogP contribution in [-0.4, -0.2) is 18.4 Å². The topological polar surface area (TPSA) is 84.2 Å². The highest BCUT2D eigenvalue weighted by atomic mass is 35.5. The van der Waals surface area contributed by atoms with Crippen LogP contribution in [0.1, 0.15) is 53.6 Å².